The quantitative estimate of drug-likeness (QED) is 0.733. The summed E-state index contributed by atoms with van der Waals surface area (Å²) in [5.41, 5.74) is 1.91. The van der Waals surface area contributed by atoms with Crippen molar-refractivity contribution >= 4 is 23.5 Å². The maximum Gasteiger partial charge on any atom is 0.325 e. The van der Waals surface area contributed by atoms with Gasteiger partial charge in [0.05, 0.1) is 12.8 Å². The standard InChI is InChI=1S/C20H23N3O4/c1-13(2)14-5-7-15(8-6-14)21-18(24)10-9-17-19(25)23(20(26)22-17)12-16-4-3-11-27-16/h3-8,11,13,17H,9-10,12H2,1-2H3,(H,21,24)(H,22,26)/t17-/m1/s1. The number of hydrogen-bond donors (Lipinski definition) is 2. The molecule has 2 N–H and O–H groups in total. The van der Waals surface area contributed by atoms with Crippen molar-refractivity contribution in [1.82, 2.24) is 10.2 Å². The van der Waals surface area contributed by atoms with Gasteiger partial charge in [0.15, 0.2) is 0 Å². The van der Waals surface area contributed by atoms with E-state index in [0.29, 0.717) is 17.4 Å². The Hall–Kier alpha value is -3.09. The molecular weight excluding hydrogens is 346 g/mol. The maximum atomic E-state index is 12.4. The van der Waals surface area contributed by atoms with Gasteiger partial charge < -0.3 is 15.1 Å². The summed E-state index contributed by atoms with van der Waals surface area (Å²) in [5.74, 6) is 0.418. The Balaban J connectivity index is 1.50. The second-order valence-corrected chi connectivity index (χ2v) is 6.87. The number of amides is 4. The van der Waals surface area contributed by atoms with E-state index in [2.05, 4.69) is 24.5 Å². The van der Waals surface area contributed by atoms with Gasteiger partial charge in [0, 0.05) is 12.1 Å². The Bertz CT molecular complexity index is 812. The minimum Gasteiger partial charge on any atom is -0.467 e. The average molecular weight is 369 g/mol. The number of furan rings is 1. The van der Waals surface area contributed by atoms with E-state index in [1.165, 1.54) is 11.8 Å². The van der Waals surface area contributed by atoms with Crippen LogP contribution in [0.2, 0.25) is 0 Å². The summed E-state index contributed by atoms with van der Waals surface area (Å²) in [6, 6.07) is 9.92. The van der Waals surface area contributed by atoms with E-state index in [-0.39, 0.29) is 31.2 Å². The fraction of sp³-hybridized carbons (Fsp3) is 0.350. The number of benzene rings is 1. The van der Waals surface area contributed by atoms with Gasteiger partial charge in [-0.15, -0.1) is 0 Å². The third kappa shape index (κ3) is 4.55. The minimum atomic E-state index is -0.693. The van der Waals surface area contributed by atoms with Crippen LogP contribution in [0.4, 0.5) is 10.5 Å². The molecule has 27 heavy (non-hydrogen) atoms. The summed E-state index contributed by atoms with van der Waals surface area (Å²) in [4.78, 5) is 37.6. The first-order chi connectivity index (χ1) is 12.9. The van der Waals surface area contributed by atoms with Crippen LogP contribution in [0.1, 0.15) is 43.9 Å². The molecule has 1 aromatic carbocycles. The van der Waals surface area contributed by atoms with Crippen molar-refractivity contribution in [3.8, 4) is 0 Å². The first-order valence-corrected chi connectivity index (χ1v) is 8.98. The topological polar surface area (TPSA) is 91.7 Å². The number of hydrogen-bond acceptors (Lipinski definition) is 4. The minimum absolute atomic E-state index is 0.0859. The van der Waals surface area contributed by atoms with Gasteiger partial charge in [-0.1, -0.05) is 26.0 Å². The average Bonchev–Trinajstić information content (AvgIpc) is 3.24. The van der Waals surface area contributed by atoms with Crippen LogP contribution >= 0.6 is 0 Å². The third-order valence-electron chi connectivity index (χ3n) is 4.52. The first-order valence-electron chi connectivity index (χ1n) is 8.98. The third-order valence-corrected chi connectivity index (χ3v) is 4.52. The van der Waals surface area contributed by atoms with E-state index in [1.807, 2.05) is 24.3 Å². The van der Waals surface area contributed by atoms with Gasteiger partial charge in [-0.2, -0.15) is 0 Å². The highest BCUT2D eigenvalue weighted by Crippen LogP contribution is 2.18. The zero-order chi connectivity index (χ0) is 19.4. The highest BCUT2D eigenvalue weighted by Gasteiger charge is 2.38. The van der Waals surface area contributed by atoms with E-state index in [4.69, 9.17) is 4.42 Å². The number of nitrogens with zero attached hydrogens (tertiary/aromatic N) is 1. The molecule has 0 saturated carbocycles. The number of imide groups is 1. The molecule has 1 saturated heterocycles. The van der Waals surface area contributed by atoms with Gasteiger partial charge in [0.2, 0.25) is 5.91 Å². The molecule has 0 spiro atoms. The lowest BCUT2D eigenvalue weighted by Crippen LogP contribution is -2.31. The number of nitrogens with one attached hydrogen (secondary N) is 2. The van der Waals surface area contributed by atoms with E-state index >= 15 is 0 Å². The van der Waals surface area contributed by atoms with Crippen LogP contribution in [-0.4, -0.2) is 28.8 Å². The molecule has 3 rings (SSSR count). The van der Waals surface area contributed by atoms with Crippen molar-refractivity contribution < 1.29 is 18.8 Å². The predicted octanol–water partition coefficient (Wildman–Crippen LogP) is 3.24. The van der Waals surface area contributed by atoms with Crippen LogP contribution < -0.4 is 10.6 Å². The molecule has 1 atom stereocenters. The zero-order valence-electron chi connectivity index (χ0n) is 15.4. The first kappa shape index (κ1) is 18.7. The van der Waals surface area contributed by atoms with Crippen LogP contribution in [0.3, 0.4) is 0 Å². The van der Waals surface area contributed by atoms with Crippen LogP contribution in [0.5, 0.6) is 0 Å². The normalized spacial score (nSPS) is 16.7. The summed E-state index contributed by atoms with van der Waals surface area (Å²) >= 11 is 0. The maximum absolute atomic E-state index is 12.4. The monoisotopic (exact) mass is 369 g/mol. The fourth-order valence-corrected chi connectivity index (χ4v) is 2.93. The predicted molar refractivity (Wildman–Crippen MR) is 100.0 cm³/mol. The van der Waals surface area contributed by atoms with Crippen LogP contribution in [-0.2, 0) is 16.1 Å². The molecule has 1 aliphatic heterocycles. The lowest BCUT2D eigenvalue weighted by molar-refractivity contribution is -0.128. The highest BCUT2D eigenvalue weighted by molar-refractivity contribution is 6.04. The number of rotatable bonds is 7. The molecule has 2 heterocycles. The van der Waals surface area contributed by atoms with Crippen molar-refractivity contribution in [1.29, 1.82) is 0 Å². The van der Waals surface area contributed by atoms with Gasteiger partial charge in [-0.25, -0.2) is 4.79 Å². The summed E-state index contributed by atoms with van der Waals surface area (Å²) in [7, 11) is 0. The molecule has 1 aromatic heterocycles. The lowest BCUT2D eigenvalue weighted by Gasteiger charge is -2.11. The van der Waals surface area contributed by atoms with Crippen molar-refractivity contribution in [2.45, 2.75) is 45.2 Å². The molecule has 142 valence electrons. The SMILES string of the molecule is CC(C)c1ccc(NC(=O)CC[C@H]2NC(=O)N(Cc3ccco3)C2=O)cc1. The van der Waals surface area contributed by atoms with Crippen molar-refractivity contribution in [2.75, 3.05) is 5.32 Å². The molecule has 4 amide bonds. The molecule has 0 radical (unpaired) electrons. The van der Waals surface area contributed by atoms with Crippen LogP contribution in [0, 0.1) is 0 Å². The van der Waals surface area contributed by atoms with Crippen LogP contribution in [0.25, 0.3) is 0 Å². The lowest BCUT2D eigenvalue weighted by atomic mass is 10.0. The Morgan fingerprint density at radius 2 is 1.96 bits per heavy atom. The molecule has 1 aliphatic rings. The molecule has 0 aliphatic carbocycles. The summed E-state index contributed by atoms with van der Waals surface area (Å²) in [6.07, 6.45) is 1.87. The van der Waals surface area contributed by atoms with Crippen molar-refractivity contribution in [3.05, 3.63) is 54.0 Å². The molecule has 7 nitrogen and oxygen atoms in total. The highest BCUT2D eigenvalue weighted by atomic mass is 16.3. The summed E-state index contributed by atoms with van der Waals surface area (Å²) in [6.45, 7) is 4.30. The Labute approximate surface area is 157 Å². The Morgan fingerprint density at radius 1 is 1.22 bits per heavy atom. The molecule has 0 unspecified atom stereocenters. The van der Waals surface area contributed by atoms with Gasteiger partial charge in [-0.3, -0.25) is 14.5 Å². The van der Waals surface area contributed by atoms with Crippen molar-refractivity contribution in [2.24, 2.45) is 0 Å². The Kier molecular flexibility index (Phi) is 5.59. The number of carbonyl (C=O) groups is 3. The van der Waals surface area contributed by atoms with E-state index < -0.39 is 12.1 Å². The molecule has 0 bridgehead atoms. The number of anilines is 1. The van der Waals surface area contributed by atoms with Gasteiger partial charge in [0.25, 0.3) is 5.91 Å². The van der Waals surface area contributed by atoms with Gasteiger partial charge >= 0.3 is 6.03 Å². The number of carbonyl (C=O) groups excluding carboxylic acids is 3. The van der Waals surface area contributed by atoms with Crippen molar-refractivity contribution in [3.63, 3.8) is 0 Å². The zero-order valence-corrected chi connectivity index (χ0v) is 15.4. The fourth-order valence-electron chi connectivity index (χ4n) is 2.93. The largest absolute Gasteiger partial charge is 0.467 e. The van der Waals surface area contributed by atoms with E-state index in [9.17, 15) is 14.4 Å². The van der Waals surface area contributed by atoms with E-state index in [1.54, 1.807) is 12.1 Å². The molecule has 2 aromatic rings. The van der Waals surface area contributed by atoms with Gasteiger partial charge in [0.1, 0.15) is 11.8 Å². The van der Waals surface area contributed by atoms with Gasteiger partial charge in [-0.05, 0) is 42.2 Å². The smallest absolute Gasteiger partial charge is 0.325 e. The van der Waals surface area contributed by atoms with Crippen LogP contribution in [0.15, 0.2) is 47.1 Å². The Morgan fingerprint density at radius 3 is 2.59 bits per heavy atom. The second kappa shape index (κ2) is 8.07. The summed E-state index contributed by atoms with van der Waals surface area (Å²) in [5, 5.41) is 5.44. The second-order valence-electron chi connectivity index (χ2n) is 6.87. The van der Waals surface area contributed by atoms with E-state index in [0.717, 1.165) is 4.90 Å². The number of urea groups is 1. The molecular formula is C20H23N3O4. The summed E-state index contributed by atoms with van der Waals surface area (Å²) < 4.78 is 5.18. The molecule has 1 fully saturated rings. The molecule has 7 heteroatoms.